The van der Waals surface area contributed by atoms with Gasteiger partial charge in [-0.1, -0.05) is 12.1 Å². The number of allylic oxidation sites excluding steroid dienone is 1. The average molecular weight is 235 g/mol. The van der Waals surface area contributed by atoms with Crippen molar-refractivity contribution in [2.75, 3.05) is 6.61 Å². The van der Waals surface area contributed by atoms with Crippen LogP contribution in [0, 0.1) is 11.7 Å². The molecule has 90 valence electrons. The van der Waals surface area contributed by atoms with Crippen LogP contribution in [0.4, 0.5) is 4.39 Å². The lowest BCUT2D eigenvalue weighted by Crippen LogP contribution is -2.17. The summed E-state index contributed by atoms with van der Waals surface area (Å²) in [4.78, 5) is 0. The Hall–Kier alpha value is -1.55. The molecule has 0 aromatic heterocycles. The first-order chi connectivity index (χ1) is 8.28. The van der Waals surface area contributed by atoms with Crippen LogP contribution >= 0.6 is 0 Å². The number of aliphatic hydroxyl groups is 1. The molecule has 1 heterocycles. The summed E-state index contributed by atoms with van der Waals surface area (Å²) in [6, 6.07) is 6.21. The lowest BCUT2D eigenvalue weighted by molar-refractivity contribution is 0.119. The zero-order valence-electron chi connectivity index (χ0n) is 9.32. The minimum absolute atomic E-state index is 0.0382. The van der Waals surface area contributed by atoms with Crippen molar-refractivity contribution < 1.29 is 14.2 Å². The van der Waals surface area contributed by atoms with Crippen LogP contribution in [0.5, 0.6) is 0 Å². The first kappa shape index (κ1) is 10.6. The smallest absolute Gasteiger partial charge is 0.195 e. The van der Waals surface area contributed by atoms with Gasteiger partial charge in [0, 0.05) is 11.5 Å². The summed E-state index contributed by atoms with van der Waals surface area (Å²) in [5.41, 5.74) is 1.63. The van der Waals surface area contributed by atoms with Crippen LogP contribution < -0.4 is 5.32 Å². The molecule has 2 N–H and O–H groups in total. The van der Waals surface area contributed by atoms with Crippen LogP contribution in [0.25, 0.3) is 0 Å². The van der Waals surface area contributed by atoms with Gasteiger partial charge in [0.25, 0.3) is 0 Å². The number of aliphatic hydroxyl groups excluding tert-OH is 1. The zero-order valence-corrected chi connectivity index (χ0v) is 9.32. The van der Waals surface area contributed by atoms with Gasteiger partial charge in [0.1, 0.15) is 11.6 Å². The highest BCUT2D eigenvalue weighted by atomic mass is 19.1. The van der Waals surface area contributed by atoms with E-state index in [0.29, 0.717) is 5.92 Å². The number of halogens is 1. The molecule has 0 amide bonds. The maximum absolute atomic E-state index is 12.8. The first-order valence-electron chi connectivity index (χ1n) is 5.80. The van der Waals surface area contributed by atoms with Crippen LogP contribution in [0.15, 0.2) is 35.7 Å². The van der Waals surface area contributed by atoms with Crippen LogP contribution in [-0.4, -0.2) is 11.7 Å². The third-order valence-corrected chi connectivity index (χ3v) is 3.13. The molecule has 0 saturated heterocycles. The number of benzene rings is 1. The van der Waals surface area contributed by atoms with E-state index in [4.69, 9.17) is 4.74 Å². The van der Waals surface area contributed by atoms with E-state index in [1.165, 1.54) is 12.1 Å². The second-order valence-corrected chi connectivity index (χ2v) is 4.47. The predicted octanol–water partition coefficient (Wildman–Crippen LogP) is 2.06. The molecule has 0 radical (unpaired) electrons. The summed E-state index contributed by atoms with van der Waals surface area (Å²) in [5, 5.41) is 12.4. The maximum Gasteiger partial charge on any atom is 0.195 e. The van der Waals surface area contributed by atoms with E-state index in [0.717, 1.165) is 29.9 Å². The average Bonchev–Trinajstić information content (AvgIpc) is 3.10. The number of hydrogen-bond donors (Lipinski definition) is 2. The minimum Gasteiger partial charge on any atom is -0.469 e. The van der Waals surface area contributed by atoms with Crippen molar-refractivity contribution in [1.82, 2.24) is 5.32 Å². The van der Waals surface area contributed by atoms with Crippen LogP contribution in [-0.2, 0) is 4.74 Å². The number of hydrogen-bond acceptors (Lipinski definition) is 3. The molecule has 0 bridgehead atoms. The minimum atomic E-state index is -0.298. The molecule has 1 aromatic carbocycles. The van der Waals surface area contributed by atoms with Gasteiger partial charge in [-0.05, 0) is 25.0 Å². The fourth-order valence-corrected chi connectivity index (χ4v) is 2.06. The fourth-order valence-electron chi connectivity index (χ4n) is 2.06. The van der Waals surface area contributed by atoms with Crippen molar-refractivity contribution in [3.63, 3.8) is 0 Å². The normalized spacial score (nSPS) is 23.5. The summed E-state index contributed by atoms with van der Waals surface area (Å²) in [6.45, 7) is -0.0382. The first-order valence-corrected chi connectivity index (χ1v) is 5.80. The molecule has 1 saturated carbocycles. The van der Waals surface area contributed by atoms with E-state index in [1.54, 1.807) is 12.1 Å². The number of ether oxygens (including phenoxy) is 1. The quantitative estimate of drug-likeness (QED) is 0.842. The Morgan fingerprint density at radius 2 is 2.00 bits per heavy atom. The SMILES string of the molecule is OCC1=C(C2CC2)OC(c2ccc(F)cc2)N1. The second-order valence-electron chi connectivity index (χ2n) is 4.47. The number of rotatable bonds is 3. The Morgan fingerprint density at radius 1 is 1.29 bits per heavy atom. The lowest BCUT2D eigenvalue weighted by Gasteiger charge is -2.13. The Morgan fingerprint density at radius 3 is 2.59 bits per heavy atom. The van der Waals surface area contributed by atoms with Gasteiger partial charge in [-0.3, -0.25) is 0 Å². The number of nitrogens with one attached hydrogen (secondary N) is 1. The van der Waals surface area contributed by atoms with E-state index >= 15 is 0 Å². The Bertz CT molecular complexity index is 451. The molecule has 1 unspecified atom stereocenters. The van der Waals surface area contributed by atoms with E-state index in [-0.39, 0.29) is 18.7 Å². The van der Waals surface area contributed by atoms with Crippen molar-refractivity contribution >= 4 is 0 Å². The van der Waals surface area contributed by atoms with Crippen LogP contribution in [0.2, 0.25) is 0 Å². The molecule has 3 rings (SSSR count). The van der Waals surface area contributed by atoms with E-state index in [1.807, 2.05) is 0 Å². The molecule has 3 nitrogen and oxygen atoms in total. The molecular formula is C13H14FNO2. The fraction of sp³-hybridized carbons (Fsp3) is 0.385. The Balaban J connectivity index is 1.78. The van der Waals surface area contributed by atoms with Gasteiger partial charge in [-0.15, -0.1) is 0 Å². The second kappa shape index (κ2) is 4.04. The summed E-state index contributed by atoms with van der Waals surface area (Å²) in [5.74, 6) is 1.07. The summed E-state index contributed by atoms with van der Waals surface area (Å²) < 4.78 is 18.6. The Kier molecular flexibility index (Phi) is 2.52. The molecule has 1 atom stereocenters. The van der Waals surface area contributed by atoms with Gasteiger partial charge < -0.3 is 15.2 Å². The van der Waals surface area contributed by atoms with Crippen LogP contribution in [0.1, 0.15) is 24.6 Å². The lowest BCUT2D eigenvalue weighted by atomic mass is 10.2. The van der Waals surface area contributed by atoms with Crippen molar-refractivity contribution in [3.8, 4) is 0 Å². The zero-order chi connectivity index (χ0) is 11.8. The van der Waals surface area contributed by atoms with Gasteiger partial charge in [-0.25, -0.2) is 4.39 Å². The maximum atomic E-state index is 12.8. The molecular weight excluding hydrogens is 221 g/mol. The van der Waals surface area contributed by atoms with Gasteiger partial charge in [0.15, 0.2) is 6.23 Å². The monoisotopic (exact) mass is 235 g/mol. The van der Waals surface area contributed by atoms with Crippen molar-refractivity contribution in [2.45, 2.75) is 19.1 Å². The highest BCUT2D eigenvalue weighted by Crippen LogP contribution is 2.43. The third-order valence-electron chi connectivity index (χ3n) is 3.13. The molecule has 17 heavy (non-hydrogen) atoms. The largest absolute Gasteiger partial charge is 0.469 e. The van der Waals surface area contributed by atoms with Crippen molar-refractivity contribution in [2.24, 2.45) is 5.92 Å². The van der Waals surface area contributed by atoms with Gasteiger partial charge in [0.05, 0.1) is 12.3 Å². The summed E-state index contributed by atoms with van der Waals surface area (Å²) in [7, 11) is 0. The predicted molar refractivity (Wildman–Crippen MR) is 60.2 cm³/mol. The van der Waals surface area contributed by atoms with Gasteiger partial charge in [0.2, 0.25) is 0 Å². The standard InChI is InChI=1S/C13H14FNO2/c14-10-5-3-9(4-6-10)13-15-11(7-16)12(17-13)8-1-2-8/h3-6,8,13,15-16H,1-2,7H2. The van der Waals surface area contributed by atoms with Crippen LogP contribution in [0.3, 0.4) is 0 Å². The van der Waals surface area contributed by atoms with Crippen molar-refractivity contribution in [3.05, 3.63) is 47.1 Å². The summed E-state index contributed by atoms with van der Waals surface area (Å²) >= 11 is 0. The van der Waals surface area contributed by atoms with Crippen molar-refractivity contribution in [1.29, 1.82) is 0 Å². The topological polar surface area (TPSA) is 41.5 Å². The molecule has 4 heteroatoms. The molecule has 1 aromatic rings. The van der Waals surface area contributed by atoms with Gasteiger partial charge in [-0.2, -0.15) is 0 Å². The molecule has 1 fully saturated rings. The van der Waals surface area contributed by atoms with E-state index < -0.39 is 0 Å². The molecule has 2 aliphatic rings. The van der Waals surface area contributed by atoms with Gasteiger partial charge >= 0.3 is 0 Å². The van der Waals surface area contributed by atoms with E-state index in [2.05, 4.69) is 5.32 Å². The van der Waals surface area contributed by atoms with E-state index in [9.17, 15) is 9.50 Å². The molecule has 1 aliphatic carbocycles. The highest BCUT2D eigenvalue weighted by Gasteiger charge is 2.36. The third kappa shape index (κ3) is 2.00. The summed E-state index contributed by atoms with van der Waals surface area (Å²) in [6.07, 6.45) is 1.95. The highest BCUT2D eigenvalue weighted by molar-refractivity contribution is 5.26. The Labute approximate surface area is 98.9 Å². The molecule has 1 aliphatic heterocycles. The molecule has 0 spiro atoms.